The molecule has 7 nitrogen and oxygen atoms in total. The van der Waals surface area contributed by atoms with Crippen molar-refractivity contribution in [2.75, 3.05) is 6.54 Å². The summed E-state index contributed by atoms with van der Waals surface area (Å²) in [6, 6.07) is -0.420. The van der Waals surface area contributed by atoms with Crippen LogP contribution in [0.25, 0.3) is 0 Å². The van der Waals surface area contributed by atoms with Crippen molar-refractivity contribution in [2.45, 2.75) is 52.2 Å². The van der Waals surface area contributed by atoms with E-state index in [-0.39, 0.29) is 5.92 Å². The lowest BCUT2D eigenvalue weighted by Gasteiger charge is -2.22. The van der Waals surface area contributed by atoms with Gasteiger partial charge in [-0.15, -0.1) is 5.10 Å². The molecular formula is C12H21N5O2. The number of hydrogen-bond acceptors (Lipinski definition) is 5. The summed E-state index contributed by atoms with van der Waals surface area (Å²) < 4.78 is 1.78. The average Bonchev–Trinajstić information content (AvgIpc) is 2.94. The Balaban J connectivity index is 2.04. The van der Waals surface area contributed by atoms with Crippen LogP contribution in [-0.2, 0) is 17.9 Å². The van der Waals surface area contributed by atoms with Crippen LogP contribution in [0.4, 0.5) is 0 Å². The lowest BCUT2D eigenvalue weighted by Crippen LogP contribution is -2.39. The van der Waals surface area contributed by atoms with E-state index in [0.29, 0.717) is 6.54 Å². The number of carbonyl (C=O) groups is 1. The summed E-state index contributed by atoms with van der Waals surface area (Å²) in [5.41, 5.74) is 0. The first-order valence-electron chi connectivity index (χ1n) is 6.85. The Hall–Kier alpha value is -1.50. The molecule has 0 radical (unpaired) electrons. The zero-order chi connectivity index (χ0) is 13.8. The summed E-state index contributed by atoms with van der Waals surface area (Å²) >= 11 is 0. The van der Waals surface area contributed by atoms with Crippen LogP contribution < -0.4 is 0 Å². The predicted molar refractivity (Wildman–Crippen MR) is 68.3 cm³/mol. The highest BCUT2D eigenvalue weighted by molar-refractivity contribution is 5.74. The monoisotopic (exact) mass is 267 g/mol. The SMILES string of the molecule is CCCCn1nnnc1CN1CCC(C)C1C(=O)O. The van der Waals surface area contributed by atoms with Crippen LogP contribution in [-0.4, -0.2) is 48.8 Å². The van der Waals surface area contributed by atoms with Gasteiger partial charge in [0.1, 0.15) is 6.04 Å². The second kappa shape index (κ2) is 6.10. The average molecular weight is 267 g/mol. The fourth-order valence-corrected chi connectivity index (χ4v) is 2.60. The quantitative estimate of drug-likeness (QED) is 0.819. The summed E-state index contributed by atoms with van der Waals surface area (Å²) in [4.78, 5) is 13.3. The van der Waals surface area contributed by atoms with Crippen LogP contribution in [0.1, 0.15) is 38.9 Å². The maximum Gasteiger partial charge on any atom is 0.321 e. The van der Waals surface area contributed by atoms with E-state index in [0.717, 1.165) is 38.2 Å². The maximum atomic E-state index is 11.3. The van der Waals surface area contributed by atoms with Crippen LogP contribution in [0.2, 0.25) is 0 Å². The van der Waals surface area contributed by atoms with Crippen molar-refractivity contribution < 1.29 is 9.90 Å². The van der Waals surface area contributed by atoms with E-state index in [1.54, 1.807) is 4.68 Å². The van der Waals surface area contributed by atoms with E-state index in [2.05, 4.69) is 22.4 Å². The zero-order valence-electron chi connectivity index (χ0n) is 11.5. The van der Waals surface area contributed by atoms with Crippen LogP contribution in [0.5, 0.6) is 0 Å². The number of unbranched alkanes of at least 4 members (excludes halogenated alkanes) is 1. The largest absolute Gasteiger partial charge is 0.480 e. The van der Waals surface area contributed by atoms with E-state index in [9.17, 15) is 9.90 Å². The minimum atomic E-state index is -0.752. The van der Waals surface area contributed by atoms with Crippen LogP contribution in [0.3, 0.4) is 0 Å². The molecule has 0 aliphatic carbocycles. The third kappa shape index (κ3) is 3.09. The number of hydrogen-bond donors (Lipinski definition) is 1. The first kappa shape index (κ1) is 13.9. The van der Waals surface area contributed by atoms with Crippen LogP contribution >= 0.6 is 0 Å². The normalized spacial score (nSPS) is 23.9. The number of tetrazole rings is 1. The highest BCUT2D eigenvalue weighted by Crippen LogP contribution is 2.25. The van der Waals surface area contributed by atoms with Crippen molar-refractivity contribution in [1.82, 2.24) is 25.1 Å². The summed E-state index contributed by atoms with van der Waals surface area (Å²) in [5.74, 6) is 0.184. The smallest absolute Gasteiger partial charge is 0.321 e. The molecule has 2 rings (SSSR count). The molecule has 1 aromatic rings. The van der Waals surface area contributed by atoms with Gasteiger partial charge in [-0.1, -0.05) is 20.3 Å². The van der Waals surface area contributed by atoms with E-state index in [1.807, 2.05) is 11.8 Å². The number of nitrogens with zero attached hydrogens (tertiary/aromatic N) is 5. The van der Waals surface area contributed by atoms with Gasteiger partial charge >= 0.3 is 5.97 Å². The van der Waals surface area contributed by atoms with Gasteiger partial charge in [0.25, 0.3) is 0 Å². The van der Waals surface area contributed by atoms with Gasteiger partial charge in [0.05, 0.1) is 6.54 Å². The molecule has 0 bridgehead atoms. The molecule has 0 amide bonds. The van der Waals surface area contributed by atoms with E-state index in [4.69, 9.17) is 0 Å². The third-order valence-electron chi connectivity index (χ3n) is 3.73. The second-order valence-electron chi connectivity index (χ2n) is 5.19. The molecule has 7 heteroatoms. The highest BCUT2D eigenvalue weighted by atomic mass is 16.4. The minimum Gasteiger partial charge on any atom is -0.480 e. The Morgan fingerprint density at radius 1 is 1.53 bits per heavy atom. The van der Waals surface area contributed by atoms with Crippen molar-refractivity contribution in [1.29, 1.82) is 0 Å². The molecule has 1 N–H and O–H groups in total. The van der Waals surface area contributed by atoms with Gasteiger partial charge < -0.3 is 5.11 Å². The maximum absolute atomic E-state index is 11.3. The number of carboxylic acids is 1. The lowest BCUT2D eigenvalue weighted by molar-refractivity contribution is -0.143. The molecule has 2 heterocycles. The van der Waals surface area contributed by atoms with Gasteiger partial charge in [-0.2, -0.15) is 0 Å². The van der Waals surface area contributed by atoms with Crippen molar-refractivity contribution in [3.8, 4) is 0 Å². The van der Waals surface area contributed by atoms with Gasteiger partial charge in [0.2, 0.25) is 0 Å². The number of aryl methyl sites for hydroxylation is 1. The zero-order valence-corrected chi connectivity index (χ0v) is 11.5. The fourth-order valence-electron chi connectivity index (χ4n) is 2.60. The highest BCUT2D eigenvalue weighted by Gasteiger charge is 2.37. The Morgan fingerprint density at radius 3 is 3.00 bits per heavy atom. The van der Waals surface area contributed by atoms with Gasteiger partial charge in [0, 0.05) is 6.54 Å². The number of carboxylic acid groups (broad SMARTS) is 1. The van der Waals surface area contributed by atoms with E-state index >= 15 is 0 Å². The molecule has 2 atom stereocenters. The lowest BCUT2D eigenvalue weighted by atomic mass is 10.0. The molecule has 1 aromatic heterocycles. The van der Waals surface area contributed by atoms with Crippen molar-refractivity contribution in [2.24, 2.45) is 5.92 Å². The molecule has 2 unspecified atom stereocenters. The van der Waals surface area contributed by atoms with Gasteiger partial charge in [0.15, 0.2) is 5.82 Å². The number of aromatic nitrogens is 4. The first-order valence-corrected chi connectivity index (χ1v) is 6.85. The molecule has 1 aliphatic heterocycles. The third-order valence-corrected chi connectivity index (χ3v) is 3.73. The van der Waals surface area contributed by atoms with Crippen molar-refractivity contribution in [3.05, 3.63) is 5.82 Å². The molecule has 1 fully saturated rings. The fraction of sp³-hybridized carbons (Fsp3) is 0.833. The van der Waals surface area contributed by atoms with Gasteiger partial charge in [-0.05, 0) is 35.7 Å². The Kier molecular flexibility index (Phi) is 4.47. The molecule has 106 valence electrons. The molecular weight excluding hydrogens is 246 g/mol. The van der Waals surface area contributed by atoms with Crippen molar-refractivity contribution in [3.63, 3.8) is 0 Å². The molecule has 0 saturated carbocycles. The molecule has 0 spiro atoms. The standard InChI is InChI=1S/C12H21N5O2/c1-3-4-6-17-10(13-14-15-17)8-16-7-5-9(2)11(16)12(18)19/h9,11H,3-8H2,1-2H3,(H,18,19). The Bertz CT molecular complexity index is 434. The summed E-state index contributed by atoms with van der Waals surface area (Å²) in [6.07, 6.45) is 3.02. The Labute approximate surface area is 112 Å². The number of likely N-dealkylation sites (tertiary alicyclic amines) is 1. The number of rotatable bonds is 6. The van der Waals surface area contributed by atoms with Gasteiger partial charge in [-0.25, -0.2) is 4.68 Å². The van der Waals surface area contributed by atoms with Crippen molar-refractivity contribution >= 4 is 5.97 Å². The van der Waals surface area contributed by atoms with Crippen LogP contribution in [0.15, 0.2) is 0 Å². The molecule has 0 aromatic carbocycles. The van der Waals surface area contributed by atoms with Gasteiger partial charge in [-0.3, -0.25) is 9.69 Å². The van der Waals surface area contributed by atoms with E-state index < -0.39 is 12.0 Å². The first-order chi connectivity index (χ1) is 9.13. The summed E-state index contributed by atoms with van der Waals surface area (Å²) in [5, 5.41) is 21.0. The topological polar surface area (TPSA) is 84.1 Å². The second-order valence-corrected chi connectivity index (χ2v) is 5.19. The molecule has 19 heavy (non-hydrogen) atoms. The molecule has 1 aliphatic rings. The Morgan fingerprint density at radius 2 is 2.32 bits per heavy atom. The summed E-state index contributed by atoms with van der Waals surface area (Å²) in [7, 11) is 0. The molecule has 1 saturated heterocycles. The number of aliphatic carboxylic acids is 1. The predicted octanol–water partition coefficient (Wildman–Crippen LogP) is 0.768. The van der Waals surface area contributed by atoms with Crippen LogP contribution in [0, 0.1) is 5.92 Å². The minimum absolute atomic E-state index is 0.178. The summed E-state index contributed by atoms with van der Waals surface area (Å²) in [6.45, 7) is 6.20. The van der Waals surface area contributed by atoms with E-state index in [1.165, 1.54) is 0 Å².